The van der Waals surface area contributed by atoms with Gasteiger partial charge in [0.1, 0.15) is 11.9 Å². The SMILES string of the molecule is Cc1ccc2c(c1)CC[C@H](c1ccccc1)[C@@H]2c1ccc(OC2CC(=CC(=O)O)C2)cc1. The van der Waals surface area contributed by atoms with Gasteiger partial charge in [0, 0.05) is 24.8 Å². The number of hydrogen-bond acceptors (Lipinski definition) is 2. The molecule has 2 atom stereocenters. The van der Waals surface area contributed by atoms with E-state index < -0.39 is 5.97 Å². The molecule has 0 bridgehead atoms. The molecule has 0 saturated heterocycles. The van der Waals surface area contributed by atoms with E-state index in [4.69, 9.17) is 9.84 Å². The minimum Gasteiger partial charge on any atom is -0.490 e. The molecule has 0 aliphatic heterocycles. The third kappa shape index (κ3) is 4.20. The van der Waals surface area contributed by atoms with Gasteiger partial charge in [-0.25, -0.2) is 4.79 Å². The standard InChI is InChI=1S/C29H28O3/c1-19-7-13-27-23(15-19)10-14-26(21-5-3-2-4-6-21)29(27)22-8-11-24(12-9-22)32-25-16-20(17-25)18-28(30)31/h2-9,11-13,15,18,25-26,29H,10,14,16-17H2,1H3,(H,30,31)/t25?,26-,29+/m1/s1. The molecule has 32 heavy (non-hydrogen) atoms. The fourth-order valence-electron chi connectivity index (χ4n) is 5.27. The van der Waals surface area contributed by atoms with Crippen LogP contribution in [0.5, 0.6) is 5.75 Å². The Bertz CT molecular complexity index is 1140. The fraction of sp³-hybridized carbons (Fsp3) is 0.276. The summed E-state index contributed by atoms with van der Waals surface area (Å²) in [4.78, 5) is 10.8. The number of ether oxygens (including phenoxy) is 1. The van der Waals surface area contributed by atoms with Gasteiger partial charge in [0.05, 0.1) is 0 Å². The Labute approximate surface area is 189 Å². The Morgan fingerprint density at radius 3 is 2.44 bits per heavy atom. The first kappa shape index (κ1) is 20.6. The Kier molecular flexibility index (Phi) is 5.57. The molecular weight excluding hydrogens is 396 g/mol. The number of rotatable bonds is 5. The molecule has 0 radical (unpaired) electrons. The van der Waals surface area contributed by atoms with Gasteiger partial charge in [-0.2, -0.15) is 0 Å². The predicted molar refractivity (Wildman–Crippen MR) is 126 cm³/mol. The fourth-order valence-corrected chi connectivity index (χ4v) is 5.27. The van der Waals surface area contributed by atoms with Crippen molar-refractivity contribution in [2.45, 2.75) is 50.5 Å². The van der Waals surface area contributed by atoms with E-state index in [2.05, 4.69) is 79.7 Å². The van der Waals surface area contributed by atoms with Gasteiger partial charge in [-0.3, -0.25) is 0 Å². The van der Waals surface area contributed by atoms with E-state index in [1.165, 1.54) is 33.9 Å². The topological polar surface area (TPSA) is 46.5 Å². The van der Waals surface area contributed by atoms with E-state index in [0.717, 1.165) is 24.2 Å². The minimum atomic E-state index is -0.876. The quantitative estimate of drug-likeness (QED) is 0.482. The predicted octanol–water partition coefficient (Wildman–Crippen LogP) is 6.41. The maximum Gasteiger partial charge on any atom is 0.328 e. The summed E-state index contributed by atoms with van der Waals surface area (Å²) in [6, 6.07) is 26.3. The maximum absolute atomic E-state index is 10.8. The zero-order valence-corrected chi connectivity index (χ0v) is 18.3. The van der Waals surface area contributed by atoms with Gasteiger partial charge in [0.2, 0.25) is 0 Å². The van der Waals surface area contributed by atoms with Gasteiger partial charge in [0.15, 0.2) is 0 Å². The van der Waals surface area contributed by atoms with Gasteiger partial charge in [-0.15, -0.1) is 0 Å². The first-order valence-corrected chi connectivity index (χ1v) is 11.4. The van der Waals surface area contributed by atoms with E-state index in [0.29, 0.717) is 24.7 Å². The summed E-state index contributed by atoms with van der Waals surface area (Å²) < 4.78 is 6.07. The van der Waals surface area contributed by atoms with Crippen LogP contribution in [0.2, 0.25) is 0 Å². The summed E-state index contributed by atoms with van der Waals surface area (Å²) in [5, 5.41) is 8.85. The summed E-state index contributed by atoms with van der Waals surface area (Å²) in [7, 11) is 0. The Morgan fingerprint density at radius 2 is 1.72 bits per heavy atom. The van der Waals surface area contributed by atoms with Gasteiger partial charge in [-0.1, -0.05) is 71.8 Å². The second kappa shape index (κ2) is 8.66. The first-order chi connectivity index (χ1) is 15.6. The molecule has 162 valence electrons. The van der Waals surface area contributed by atoms with Crippen LogP contribution in [-0.2, 0) is 11.2 Å². The first-order valence-electron chi connectivity index (χ1n) is 11.4. The van der Waals surface area contributed by atoms with Crippen molar-refractivity contribution >= 4 is 5.97 Å². The van der Waals surface area contributed by atoms with E-state index >= 15 is 0 Å². The number of carboxylic acids is 1. The van der Waals surface area contributed by atoms with Crippen molar-refractivity contribution in [3.05, 3.63) is 112 Å². The van der Waals surface area contributed by atoms with Gasteiger partial charge in [0.25, 0.3) is 0 Å². The molecule has 3 heteroatoms. The van der Waals surface area contributed by atoms with E-state index in [1.54, 1.807) is 0 Å². The molecule has 0 spiro atoms. The van der Waals surface area contributed by atoms with E-state index in [-0.39, 0.29) is 6.10 Å². The Hall–Kier alpha value is -3.33. The van der Waals surface area contributed by atoms with Gasteiger partial charge < -0.3 is 9.84 Å². The molecule has 1 saturated carbocycles. The van der Waals surface area contributed by atoms with Crippen LogP contribution in [0.4, 0.5) is 0 Å². The second-order valence-electron chi connectivity index (χ2n) is 9.09. The second-order valence-corrected chi connectivity index (χ2v) is 9.09. The maximum atomic E-state index is 10.8. The van der Waals surface area contributed by atoms with Crippen LogP contribution in [0.15, 0.2) is 84.4 Å². The van der Waals surface area contributed by atoms with Crippen LogP contribution in [0.25, 0.3) is 0 Å². The lowest BCUT2D eigenvalue weighted by atomic mass is 9.69. The number of carbonyl (C=O) groups is 1. The van der Waals surface area contributed by atoms with Crippen molar-refractivity contribution in [1.29, 1.82) is 0 Å². The van der Waals surface area contributed by atoms with Crippen molar-refractivity contribution < 1.29 is 14.6 Å². The smallest absolute Gasteiger partial charge is 0.328 e. The van der Waals surface area contributed by atoms with Crippen LogP contribution in [-0.4, -0.2) is 17.2 Å². The zero-order chi connectivity index (χ0) is 22.1. The summed E-state index contributed by atoms with van der Waals surface area (Å²) in [5.41, 5.74) is 7.88. The molecule has 0 amide bonds. The van der Waals surface area contributed by atoms with Crippen molar-refractivity contribution in [2.75, 3.05) is 0 Å². The molecule has 0 unspecified atom stereocenters. The third-order valence-electron chi connectivity index (χ3n) is 6.84. The number of benzene rings is 3. The summed E-state index contributed by atoms with van der Waals surface area (Å²) in [5.74, 6) is 0.751. The average molecular weight is 425 g/mol. The molecule has 3 nitrogen and oxygen atoms in total. The molecule has 1 fully saturated rings. The number of hydrogen-bond donors (Lipinski definition) is 1. The highest BCUT2D eigenvalue weighted by Crippen LogP contribution is 2.46. The van der Waals surface area contributed by atoms with Crippen molar-refractivity contribution in [3.8, 4) is 5.75 Å². The van der Waals surface area contributed by atoms with Gasteiger partial charge >= 0.3 is 5.97 Å². The summed E-state index contributed by atoms with van der Waals surface area (Å²) >= 11 is 0. The number of fused-ring (bicyclic) bond motifs is 1. The molecule has 3 aromatic carbocycles. The van der Waals surface area contributed by atoms with Crippen LogP contribution in [0, 0.1) is 6.92 Å². The number of aliphatic carboxylic acids is 1. The molecule has 2 aliphatic carbocycles. The molecule has 1 N–H and O–H groups in total. The molecule has 0 aromatic heterocycles. The van der Waals surface area contributed by atoms with Crippen LogP contribution < -0.4 is 4.74 Å². The van der Waals surface area contributed by atoms with Crippen molar-refractivity contribution in [3.63, 3.8) is 0 Å². The normalized spacial score (nSPS) is 21.9. The Morgan fingerprint density at radius 1 is 0.969 bits per heavy atom. The van der Waals surface area contributed by atoms with Gasteiger partial charge in [-0.05, 0) is 60.1 Å². The highest BCUT2D eigenvalue weighted by Gasteiger charge is 2.32. The van der Waals surface area contributed by atoms with E-state index in [9.17, 15) is 4.79 Å². The monoisotopic (exact) mass is 424 g/mol. The summed E-state index contributed by atoms with van der Waals surface area (Å²) in [6.45, 7) is 2.17. The molecule has 0 heterocycles. The van der Waals surface area contributed by atoms with E-state index in [1.807, 2.05) is 0 Å². The average Bonchev–Trinajstić information content (AvgIpc) is 2.77. The van der Waals surface area contributed by atoms with Crippen LogP contribution in [0.1, 0.15) is 58.9 Å². The van der Waals surface area contributed by atoms with Crippen LogP contribution in [0.3, 0.4) is 0 Å². The lowest BCUT2D eigenvalue weighted by Gasteiger charge is -2.35. The third-order valence-corrected chi connectivity index (χ3v) is 6.84. The Balaban J connectivity index is 1.40. The summed E-state index contributed by atoms with van der Waals surface area (Å²) in [6.07, 6.45) is 5.02. The lowest BCUT2D eigenvalue weighted by molar-refractivity contribution is -0.131. The number of aryl methyl sites for hydroxylation is 2. The number of carboxylic acid groups (broad SMARTS) is 1. The largest absolute Gasteiger partial charge is 0.490 e. The highest BCUT2D eigenvalue weighted by molar-refractivity contribution is 5.81. The van der Waals surface area contributed by atoms with Crippen LogP contribution >= 0.6 is 0 Å². The molecular formula is C29H28O3. The van der Waals surface area contributed by atoms with Crippen molar-refractivity contribution in [2.24, 2.45) is 0 Å². The highest BCUT2D eigenvalue weighted by atomic mass is 16.5. The molecule has 5 rings (SSSR count). The minimum absolute atomic E-state index is 0.0712. The zero-order valence-electron chi connectivity index (χ0n) is 18.3. The molecule has 2 aliphatic rings. The lowest BCUT2D eigenvalue weighted by Crippen LogP contribution is -2.28. The van der Waals surface area contributed by atoms with Crippen molar-refractivity contribution in [1.82, 2.24) is 0 Å². The molecule has 3 aromatic rings.